The molecular weight excluding hydrogens is 222 g/mol. The van der Waals surface area contributed by atoms with Gasteiger partial charge in [-0.05, 0) is 51.1 Å². The summed E-state index contributed by atoms with van der Waals surface area (Å²) in [5.41, 5.74) is 1.30. The summed E-state index contributed by atoms with van der Waals surface area (Å²) in [5, 5.41) is 3.73. The van der Waals surface area contributed by atoms with E-state index < -0.39 is 0 Å². The van der Waals surface area contributed by atoms with Crippen molar-refractivity contribution in [3.8, 4) is 0 Å². The number of hydrogen-bond donors (Lipinski definition) is 1. The maximum Gasteiger partial charge on any atom is 0.0296 e. The lowest BCUT2D eigenvalue weighted by Gasteiger charge is -2.27. The first-order valence-electron chi connectivity index (χ1n) is 6.79. The Labute approximate surface area is 112 Å². The van der Waals surface area contributed by atoms with Crippen LogP contribution < -0.4 is 5.32 Å². The molecular formula is C15H27N3. The molecule has 0 bridgehead atoms. The fourth-order valence-corrected chi connectivity index (χ4v) is 2.31. The van der Waals surface area contributed by atoms with Gasteiger partial charge in [-0.25, -0.2) is 0 Å². The van der Waals surface area contributed by atoms with E-state index in [2.05, 4.69) is 62.2 Å². The molecule has 0 aromatic carbocycles. The van der Waals surface area contributed by atoms with Gasteiger partial charge in [-0.3, -0.25) is 4.98 Å². The first kappa shape index (κ1) is 15.1. The van der Waals surface area contributed by atoms with Crippen molar-refractivity contribution in [3.05, 3.63) is 30.1 Å². The molecule has 3 heteroatoms. The maximum absolute atomic E-state index is 4.07. The molecule has 0 aliphatic carbocycles. The van der Waals surface area contributed by atoms with Crippen molar-refractivity contribution in [2.75, 3.05) is 20.6 Å². The van der Waals surface area contributed by atoms with E-state index in [1.165, 1.54) is 12.0 Å². The Morgan fingerprint density at radius 3 is 2.28 bits per heavy atom. The van der Waals surface area contributed by atoms with Crippen LogP contribution in [0.1, 0.15) is 38.8 Å². The molecule has 0 amide bonds. The molecule has 2 atom stereocenters. The average Bonchev–Trinajstić information content (AvgIpc) is 2.28. The quantitative estimate of drug-likeness (QED) is 0.805. The zero-order chi connectivity index (χ0) is 13.5. The highest BCUT2D eigenvalue weighted by atomic mass is 15.1. The third-order valence-electron chi connectivity index (χ3n) is 3.03. The lowest BCUT2D eigenvalue weighted by molar-refractivity contribution is 0.291. The molecule has 1 heterocycles. The fraction of sp³-hybridized carbons (Fsp3) is 0.667. The Morgan fingerprint density at radius 2 is 1.78 bits per heavy atom. The van der Waals surface area contributed by atoms with Crippen molar-refractivity contribution >= 4 is 0 Å². The Balaban J connectivity index is 2.59. The van der Waals surface area contributed by atoms with E-state index in [1.807, 2.05) is 12.4 Å². The highest BCUT2D eigenvalue weighted by Crippen LogP contribution is 2.14. The minimum Gasteiger partial charge on any atom is -0.308 e. The third-order valence-corrected chi connectivity index (χ3v) is 3.03. The minimum absolute atomic E-state index is 0.372. The molecule has 0 radical (unpaired) electrons. The van der Waals surface area contributed by atoms with Crippen LogP contribution in [-0.4, -0.2) is 36.6 Å². The summed E-state index contributed by atoms with van der Waals surface area (Å²) in [4.78, 5) is 6.32. The van der Waals surface area contributed by atoms with Crippen LogP contribution in [0.25, 0.3) is 0 Å². The van der Waals surface area contributed by atoms with E-state index in [1.54, 1.807) is 0 Å². The van der Waals surface area contributed by atoms with Crippen LogP contribution in [-0.2, 0) is 0 Å². The van der Waals surface area contributed by atoms with Crippen molar-refractivity contribution in [2.24, 2.45) is 5.92 Å². The zero-order valence-corrected chi connectivity index (χ0v) is 12.4. The Morgan fingerprint density at radius 1 is 1.17 bits per heavy atom. The fourth-order valence-electron chi connectivity index (χ4n) is 2.31. The first-order chi connectivity index (χ1) is 8.49. The largest absolute Gasteiger partial charge is 0.308 e. The number of likely N-dealkylation sites (N-methyl/N-ethyl adjacent to an activating group) is 1. The van der Waals surface area contributed by atoms with Crippen molar-refractivity contribution in [1.29, 1.82) is 0 Å². The third kappa shape index (κ3) is 5.61. The van der Waals surface area contributed by atoms with E-state index in [0.29, 0.717) is 18.0 Å². The number of hydrogen-bond acceptors (Lipinski definition) is 3. The Hall–Kier alpha value is -0.930. The molecule has 1 N–H and O–H groups in total. The molecule has 2 unspecified atom stereocenters. The van der Waals surface area contributed by atoms with Gasteiger partial charge in [0, 0.05) is 31.0 Å². The maximum atomic E-state index is 4.07. The molecule has 1 rings (SSSR count). The second kappa shape index (κ2) is 7.49. The predicted molar refractivity (Wildman–Crippen MR) is 77.6 cm³/mol. The van der Waals surface area contributed by atoms with Crippen LogP contribution in [0.2, 0.25) is 0 Å². The molecule has 18 heavy (non-hydrogen) atoms. The van der Waals surface area contributed by atoms with Gasteiger partial charge in [-0.1, -0.05) is 13.8 Å². The van der Waals surface area contributed by atoms with E-state index in [-0.39, 0.29) is 0 Å². The zero-order valence-electron chi connectivity index (χ0n) is 12.4. The van der Waals surface area contributed by atoms with Crippen molar-refractivity contribution in [2.45, 2.75) is 39.3 Å². The lowest BCUT2D eigenvalue weighted by atomic mass is 10.0. The second-order valence-electron chi connectivity index (χ2n) is 5.76. The van der Waals surface area contributed by atoms with Crippen LogP contribution in [0.15, 0.2) is 24.5 Å². The summed E-state index contributed by atoms with van der Waals surface area (Å²) in [6.07, 6.45) is 4.92. The molecule has 0 aliphatic rings. The lowest BCUT2D eigenvalue weighted by Crippen LogP contribution is -2.40. The van der Waals surface area contributed by atoms with Crippen LogP contribution in [0, 0.1) is 5.92 Å². The monoisotopic (exact) mass is 249 g/mol. The molecule has 1 aromatic rings. The molecule has 0 fully saturated rings. The minimum atomic E-state index is 0.372. The molecule has 0 saturated carbocycles. The van der Waals surface area contributed by atoms with Gasteiger partial charge in [0.05, 0.1) is 0 Å². The van der Waals surface area contributed by atoms with Gasteiger partial charge in [0.15, 0.2) is 0 Å². The number of rotatable bonds is 7. The molecule has 102 valence electrons. The van der Waals surface area contributed by atoms with Crippen LogP contribution in [0.3, 0.4) is 0 Å². The van der Waals surface area contributed by atoms with Gasteiger partial charge < -0.3 is 10.2 Å². The predicted octanol–water partition coefficient (Wildman–Crippen LogP) is 2.71. The van der Waals surface area contributed by atoms with E-state index >= 15 is 0 Å². The summed E-state index contributed by atoms with van der Waals surface area (Å²) in [5.74, 6) is 0.715. The van der Waals surface area contributed by atoms with E-state index in [9.17, 15) is 0 Å². The van der Waals surface area contributed by atoms with Crippen LogP contribution >= 0.6 is 0 Å². The van der Waals surface area contributed by atoms with Crippen LogP contribution in [0.4, 0.5) is 0 Å². The molecule has 0 spiro atoms. The molecule has 0 saturated heterocycles. The Kier molecular flexibility index (Phi) is 6.30. The second-order valence-corrected chi connectivity index (χ2v) is 5.76. The van der Waals surface area contributed by atoms with Gasteiger partial charge in [0.1, 0.15) is 0 Å². The van der Waals surface area contributed by atoms with Crippen molar-refractivity contribution in [1.82, 2.24) is 15.2 Å². The van der Waals surface area contributed by atoms with Gasteiger partial charge in [-0.2, -0.15) is 0 Å². The van der Waals surface area contributed by atoms with Gasteiger partial charge in [0.2, 0.25) is 0 Å². The van der Waals surface area contributed by atoms with Crippen molar-refractivity contribution < 1.29 is 0 Å². The SMILES string of the molecule is CC(C)CC(CN(C)C)NC(C)c1ccncc1. The summed E-state index contributed by atoms with van der Waals surface area (Å²) in [6, 6.07) is 5.07. The number of nitrogens with one attached hydrogen (secondary N) is 1. The number of pyridine rings is 1. The topological polar surface area (TPSA) is 28.2 Å². The summed E-state index contributed by atoms with van der Waals surface area (Å²) < 4.78 is 0. The van der Waals surface area contributed by atoms with E-state index in [0.717, 1.165) is 6.54 Å². The Bertz CT molecular complexity index is 312. The molecule has 0 aliphatic heterocycles. The first-order valence-corrected chi connectivity index (χ1v) is 6.79. The summed E-state index contributed by atoms with van der Waals surface area (Å²) in [7, 11) is 4.26. The average molecular weight is 249 g/mol. The smallest absolute Gasteiger partial charge is 0.0296 e. The number of nitrogens with zero attached hydrogens (tertiary/aromatic N) is 2. The molecule has 1 aromatic heterocycles. The van der Waals surface area contributed by atoms with Gasteiger partial charge in [-0.15, -0.1) is 0 Å². The summed E-state index contributed by atoms with van der Waals surface area (Å²) >= 11 is 0. The normalized spacial score (nSPS) is 15.1. The highest BCUT2D eigenvalue weighted by molar-refractivity contribution is 5.14. The van der Waals surface area contributed by atoms with Gasteiger partial charge in [0.25, 0.3) is 0 Å². The van der Waals surface area contributed by atoms with Crippen LogP contribution in [0.5, 0.6) is 0 Å². The van der Waals surface area contributed by atoms with Crippen molar-refractivity contribution in [3.63, 3.8) is 0 Å². The van der Waals surface area contributed by atoms with E-state index in [4.69, 9.17) is 0 Å². The summed E-state index contributed by atoms with van der Waals surface area (Å²) in [6.45, 7) is 7.86. The number of aromatic nitrogens is 1. The molecule has 3 nitrogen and oxygen atoms in total. The standard InChI is InChI=1S/C15H27N3/c1-12(2)10-15(11-18(4)5)17-13(3)14-6-8-16-9-7-14/h6-9,12-13,15,17H,10-11H2,1-5H3. The van der Waals surface area contributed by atoms with Gasteiger partial charge >= 0.3 is 0 Å². The highest BCUT2D eigenvalue weighted by Gasteiger charge is 2.15.